The Balaban J connectivity index is 1.58. The van der Waals surface area contributed by atoms with Crippen molar-refractivity contribution in [2.75, 3.05) is 13.1 Å². The predicted octanol–water partition coefficient (Wildman–Crippen LogP) is 4.27. The molecule has 3 atom stereocenters. The van der Waals surface area contributed by atoms with Crippen molar-refractivity contribution < 1.29 is 9.53 Å². The number of hydrogen-bond acceptors (Lipinski definition) is 5. The van der Waals surface area contributed by atoms with E-state index in [-0.39, 0.29) is 6.09 Å². The molecule has 2 aliphatic rings. The number of carbonyl (C=O) groups is 1. The summed E-state index contributed by atoms with van der Waals surface area (Å²) in [6.45, 7) is 9.55. The number of rotatable bonds is 2. The minimum atomic E-state index is -0.426. The van der Waals surface area contributed by atoms with E-state index in [1.165, 1.54) is 9.77 Å². The molecule has 2 unspecified atom stereocenters. The zero-order valence-corrected chi connectivity index (χ0v) is 15.9. The van der Waals surface area contributed by atoms with Gasteiger partial charge in [0.1, 0.15) is 5.60 Å². The second-order valence-electron chi connectivity index (χ2n) is 7.46. The quantitative estimate of drug-likeness (QED) is 0.861. The minimum absolute atomic E-state index is 0.189. The number of thioether (sulfide) groups is 1. The van der Waals surface area contributed by atoms with E-state index in [9.17, 15) is 4.79 Å². The molecule has 4 nitrogen and oxygen atoms in total. The van der Waals surface area contributed by atoms with Gasteiger partial charge in [-0.25, -0.2) is 4.79 Å². The molecule has 1 saturated heterocycles. The van der Waals surface area contributed by atoms with Crippen molar-refractivity contribution in [3.8, 4) is 0 Å². The maximum absolute atomic E-state index is 12.2. The molecule has 1 aromatic heterocycles. The summed E-state index contributed by atoms with van der Waals surface area (Å²) in [4.78, 5) is 14.0. The highest BCUT2D eigenvalue weighted by atomic mass is 32.2. The Morgan fingerprint density at radius 1 is 1.43 bits per heavy atom. The van der Waals surface area contributed by atoms with Crippen LogP contribution in [-0.2, 0) is 4.74 Å². The number of carbonyl (C=O) groups excluding carboxylic acids is 1. The molecule has 0 saturated carbocycles. The molecule has 1 aromatic rings. The fraction of sp³-hybridized carbons (Fsp3) is 0.706. The van der Waals surface area contributed by atoms with E-state index in [0.29, 0.717) is 17.3 Å². The Labute approximate surface area is 147 Å². The van der Waals surface area contributed by atoms with Crippen LogP contribution in [0.25, 0.3) is 0 Å². The van der Waals surface area contributed by atoms with Crippen molar-refractivity contribution in [2.45, 2.75) is 67.7 Å². The van der Waals surface area contributed by atoms with E-state index in [2.05, 4.69) is 23.7 Å². The van der Waals surface area contributed by atoms with Crippen molar-refractivity contribution in [1.82, 2.24) is 10.2 Å². The molecule has 6 heteroatoms. The van der Waals surface area contributed by atoms with Crippen LogP contribution in [0.2, 0.25) is 0 Å². The average Bonchev–Trinajstić information content (AvgIpc) is 3.05. The predicted molar refractivity (Wildman–Crippen MR) is 96.3 cm³/mol. The van der Waals surface area contributed by atoms with Crippen LogP contribution in [0.4, 0.5) is 4.79 Å². The molecule has 1 N–H and O–H groups in total. The summed E-state index contributed by atoms with van der Waals surface area (Å²) in [7, 11) is 0. The smallest absolute Gasteiger partial charge is 0.410 e. The summed E-state index contributed by atoms with van der Waals surface area (Å²) < 4.78 is 6.93. The van der Waals surface area contributed by atoms with Crippen LogP contribution in [0.5, 0.6) is 0 Å². The van der Waals surface area contributed by atoms with E-state index in [0.717, 1.165) is 25.9 Å². The molecule has 0 spiro atoms. The molecular formula is C17H26N2O2S2. The van der Waals surface area contributed by atoms with Gasteiger partial charge in [-0.3, -0.25) is 0 Å². The zero-order chi connectivity index (χ0) is 16.6. The van der Waals surface area contributed by atoms with Gasteiger partial charge in [-0.15, -0.1) is 23.1 Å². The number of likely N-dealkylation sites (tertiary alicyclic amines) is 1. The Morgan fingerprint density at radius 3 is 2.96 bits per heavy atom. The number of ether oxygens (including phenoxy) is 1. The van der Waals surface area contributed by atoms with Gasteiger partial charge in [0.05, 0.1) is 4.21 Å². The van der Waals surface area contributed by atoms with Gasteiger partial charge < -0.3 is 15.0 Å². The van der Waals surface area contributed by atoms with Gasteiger partial charge in [0, 0.05) is 30.4 Å². The van der Waals surface area contributed by atoms with Crippen molar-refractivity contribution in [2.24, 2.45) is 0 Å². The molecule has 1 fully saturated rings. The molecule has 0 aliphatic carbocycles. The summed E-state index contributed by atoms with van der Waals surface area (Å²) in [6.07, 6.45) is 1.96. The molecule has 0 radical (unpaired) electrons. The van der Waals surface area contributed by atoms with Crippen LogP contribution in [-0.4, -0.2) is 41.0 Å². The number of fused-ring (bicyclic) bond motifs is 1. The lowest BCUT2D eigenvalue weighted by atomic mass is 10.0. The van der Waals surface area contributed by atoms with Gasteiger partial charge in [0.15, 0.2) is 0 Å². The van der Waals surface area contributed by atoms with Crippen LogP contribution in [0.15, 0.2) is 15.7 Å². The first kappa shape index (κ1) is 17.1. The summed E-state index contributed by atoms with van der Waals surface area (Å²) in [5.41, 5.74) is 1.01. The zero-order valence-electron chi connectivity index (χ0n) is 14.3. The monoisotopic (exact) mass is 354 g/mol. The second-order valence-corrected chi connectivity index (χ2v) is 10.1. The first-order chi connectivity index (χ1) is 10.8. The number of hydrogen-bond donors (Lipinski definition) is 1. The summed E-state index contributed by atoms with van der Waals surface area (Å²) in [5, 5.41) is 6.61. The van der Waals surface area contributed by atoms with Crippen molar-refractivity contribution in [3.63, 3.8) is 0 Å². The lowest BCUT2D eigenvalue weighted by Crippen LogP contribution is -2.40. The standard InChI is InChI=1S/C17H26N2O2S2/c1-11-9-14(13-6-8-22-15(13)23-11)18-12-5-7-19(10-12)16(20)21-17(2,3)4/h6,8,11-12,14,18H,5,7,9-10H2,1-4H3/t11-,12?,14?/m0/s1. The third-order valence-electron chi connectivity index (χ3n) is 4.19. The van der Waals surface area contributed by atoms with E-state index < -0.39 is 5.60 Å². The Kier molecular flexibility index (Phi) is 4.95. The van der Waals surface area contributed by atoms with Crippen molar-refractivity contribution in [1.29, 1.82) is 0 Å². The highest BCUT2D eigenvalue weighted by molar-refractivity contribution is 8.01. The summed E-state index contributed by atoms with van der Waals surface area (Å²) in [5.74, 6) is 0. The highest BCUT2D eigenvalue weighted by Gasteiger charge is 2.33. The van der Waals surface area contributed by atoms with E-state index in [1.54, 1.807) is 0 Å². The number of nitrogens with zero attached hydrogens (tertiary/aromatic N) is 1. The van der Waals surface area contributed by atoms with E-state index >= 15 is 0 Å². The molecular weight excluding hydrogens is 328 g/mol. The van der Waals surface area contributed by atoms with Gasteiger partial charge in [-0.05, 0) is 50.6 Å². The van der Waals surface area contributed by atoms with Gasteiger partial charge in [-0.2, -0.15) is 0 Å². The number of amides is 1. The first-order valence-electron chi connectivity index (χ1n) is 8.30. The molecule has 3 heterocycles. The van der Waals surface area contributed by atoms with Crippen LogP contribution in [0, 0.1) is 0 Å². The molecule has 0 bridgehead atoms. The Bertz CT molecular complexity index is 567. The lowest BCUT2D eigenvalue weighted by molar-refractivity contribution is 0.0290. The molecule has 128 valence electrons. The maximum atomic E-state index is 12.2. The minimum Gasteiger partial charge on any atom is -0.444 e. The van der Waals surface area contributed by atoms with Gasteiger partial charge in [0.2, 0.25) is 0 Å². The van der Waals surface area contributed by atoms with E-state index in [1.807, 2.05) is 48.8 Å². The van der Waals surface area contributed by atoms with Crippen LogP contribution < -0.4 is 5.32 Å². The Morgan fingerprint density at radius 2 is 2.22 bits per heavy atom. The third-order valence-corrected chi connectivity index (χ3v) is 6.53. The third kappa shape index (κ3) is 4.22. The topological polar surface area (TPSA) is 41.6 Å². The molecule has 2 aliphatic heterocycles. The van der Waals surface area contributed by atoms with Crippen molar-refractivity contribution >= 4 is 29.2 Å². The SMILES string of the molecule is C[C@H]1CC(NC2CCN(C(=O)OC(C)(C)C)C2)c2ccsc2S1. The molecule has 3 rings (SSSR count). The fourth-order valence-electron chi connectivity index (χ4n) is 3.18. The molecule has 0 aromatic carbocycles. The number of nitrogens with one attached hydrogen (secondary N) is 1. The van der Waals surface area contributed by atoms with Gasteiger partial charge in [-0.1, -0.05) is 6.92 Å². The number of thiophene rings is 1. The Hall–Kier alpha value is -0.720. The molecule has 1 amide bonds. The summed E-state index contributed by atoms with van der Waals surface area (Å²) >= 11 is 3.83. The summed E-state index contributed by atoms with van der Waals surface area (Å²) in [6, 6.07) is 3.02. The highest BCUT2D eigenvalue weighted by Crippen LogP contribution is 2.44. The van der Waals surface area contributed by atoms with Crippen molar-refractivity contribution in [3.05, 3.63) is 17.0 Å². The molecule has 23 heavy (non-hydrogen) atoms. The van der Waals surface area contributed by atoms with Gasteiger partial charge >= 0.3 is 6.09 Å². The van der Waals surface area contributed by atoms with E-state index in [4.69, 9.17) is 4.74 Å². The van der Waals surface area contributed by atoms with Crippen LogP contribution in [0.1, 0.15) is 52.1 Å². The first-order valence-corrected chi connectivity index (χ1v) is 10.1. The fourth-order valence-corrected chi connectivity index (χ4v) is 5.75. The largest absolute Gasteiger partial charge is 0.444 e. The van der Waals surface area contributed by atoms with Crippen LogP contribution >= 0.6 is 23.1 Å². The lowest BCUT2D eigenvalue weighted by Gasteiger charge is -2.30. The van der Waals surface area contributed by atoms with Gasteiger partial charge in [0.25, 0.3) is 0 Å². The maximum Gasteiger partial charge on any atom is 0.410 e. The second kappa shape index (κ2) is 6.65. The normalized spacial score (nSPS) is 27.8. The average molecular weight is 355 g/mol. The van der Waals surface area contributed by atoms with Crippen LogP contribution in [0.3, 0.4) is 0 Å².